The molecular weight excluding hydrogens is 294 g/mol. The molecule has 0 fully saturated rings. The minimum Gasteiger partial charge on any atom is -0.493 e. The van der Waals surface area contributed by atoms with Gasteiger partial charge in [0, 0.05) is 30.9 Å². The molecule has 0 aliphatic carbocycles. The molecule has 124 valence electrons. The van der Waals surface area contributed by atoms with Crippen molar-refractivity contribution >= 4 is 11.6 Å². The van der Waals surface area contributed by atoms with Gasteiger partial charge in [-0.3, -0.25) is 4.99 Å². The van der Waals surface area contributed by atoms with Crippen LogP contribution in [0.1, 0.15) is 17.1 Å². The van der Waals surface area contributed by atoms with Crippen molar-refractivity contribution in [2.75, 3.05) is 26.6 Å². The molecule has 0 spiro atoms. The molecule has 0 unspecified atom stereocenters. The van der Waals surface area contributed by atoms with E-state index in [0.29, 0.717) is 24.0 Å². The Morgan fingerprint density at radius 1 is 1.13 bits per heavy atom. The van der Waals surface area contributed by atoms with E-state index in [1.165, 1.54) is 0 Å². The third kappa shape index (κ3) is 4.18. The highest BCUT2D eigenvalue weighted by Crippen LogP contribution is 2.29. The van der Waals surface area contributed by atoms with Gasteiger partial charge in [-0.15, -0.1) is 0 Å². The number of methoxy groups -OCH3 is 2. The Bertz CT molecular complexity index is 692. The standard InChI is InChI=1S/C17H23N3O3/c1-11-8-13(12(2)23-11)10-19-17(18-3)20-14-6-7-15(21-4)16(9-14)22-5/h6-9H,10H2,1-5H3,(H2,18,19,20). The van der Waals surface area contributed by atoms with Crippen molar-refractivity contribution in [3.05, 3.63) is 41.3 Å². The Morgan fingerprint density at radius 2 is 1.87 bits per heavy atom. The summed E-state index contributed by atoms with van der Waals surface area (Å²) in [5.74, 6) is 3.83. The smallest absolute Gasteiger partial charge is 0.195 e. The van der Waals surface area contributed by atoms with E-state index >= 15 is 0 Å². The zero-order valence-electron chi connectivity index (χ0n) is 14.2. The van der Waals surface area contributed by atoms with Crippen LogP contribution in [0.15, 0.2) is 33.7 Å². The highest BCUT2D eigenvalue weighted by atomic mass is 16.5. The Hall–Kier alpha value is -2.63. The van der Waals surface area contributed by atoms with Crippen LogP contribution < -0.4 is 20.1 Å². The van der Waals surface area contributed by atoms with E-state index in [4.69, 9.17) is 13.9 Å². The first kappa shape index (κ1) is 16.7. The van der Waals surface area contributed by atoms with E-state index in [9.17, 15) is 0 Å². The number of aryl methyl sites for hydroxylation is 2. The number of furan rings is 1. The van der Waals surface area contributed by atoms with E-state index in [1.807, 2.05) is 38.1 Å². The summed E-state index contributed by atoms with van der Waals surface area (Å²) < 4.78 is 16.1. The molecule has 1 aromatic heterocycles. The molecular formula is C17H23N3O3. The summed E-state index contributed by atoms with van der Waals surface area (Å²) in [6.07, 6.45) is 0. The van der Waals surface area contributed by atoms with Gasteiger partial charge in [-0.05, 0) is 32.0 Å². The molecule has 2 N–H and O–H groups in total. The van der Waals surface area contributed by atoms with Crippen molar-refractivity contribution in [1.29, 1.82) is 0 Å². The lowest BCUT2D eigenvalue weighted by Crippen LogP contribution is -2.30. The monoisotopic (exact) mass is 317 g/mol. The normalized spacial score (nSPS) is 11.3. The maximum Gasteiger partial charge on any atom is 0.195 e. The second-order valence-electron chi connectivity index (χ2n) is 5.06. The lowest BCUT2D eigenvalue weighted by atomic mass is 10.2. The third-order valence-electron chi connectivity index (χ3n) is 3.46. The van der Waals surface area contributed by atoms with E-state index < -0.39 is 0 Å². The topological polar surface area (TPSA) is 68.0 Å². The first-order chi connectivity index (χ1) is 11.1. The summed E-state index contributed by atoms with van der Waals surface area (Å²) in [5.41, 5.74) is 1.97. The summed E-state index contributed by atoms with van der Waals surface area (Å²) in [6, 6.07) is 7.63. The Morgan fingerprint density at radius 3 is 2.43 bits per heavy atom. The van der Waals surface area contributed by atoms with Gasteiger partial charge in [0.15, 0.2) is 17.5 Å². The fraction of sp³-hybridized carbons (Fsp3) is 0.353. The largest absolute Gasteiger partial charge is 0.493 e. The number of aliphatic imine (C=N–C) groups is 1. The van der Waals surface area contributed by atoms with E-state index in [2.05, 4.69) is 15.6 Å². The van der Waals surface area contributed by atoms with Gasteiger partial charge >= 0.3 is 0 Å². The van der Waals surface area contributed by atoms with E-state index in [-0.39, 0.29) is 0 Å². The number of benzene rings is 1. The SMILES string of the molecule is CN=C(NCc1cc(C)oc1C)Nc1ccc(OC)c(OC)c1. The molecule has 0 saturated carbocycles. The van der Waals surface area contributed by atoms with Gasteiger partial charge in [0.25, 0.3) is 0 Å². The molecule has 0 radical (unpaired) electrons. The molecule has 1 heterocycles. The number of ether oxygens (including phenoxy) is 2. The van der Waals surface area contributed by atoms with Crippen LogP contribution in [-0.4, -0.2) is 27.2 Å². The molecule has 2 aromatic rings. The highest BCUT2D eigenvalue weighted by molar-refractivity contribution is 5.93. The Kier molecular flexibility index (Phi) is 5.51. The van der Waals surface area contributed by atoms with Crippen LogP contribution in [0.2, 0.25) is 0 Å². The van der Waals surface area contributed by atoms with Gasteiger partial charge < -0.3 is 24.5 Å². The maximum absolute atomic E-state index is 5.52. The fourth-order valence-corrected chi connectivity index (χ4v) is 2.27. The average Bonchev–Trinajstić information content (AvgIpc) is 2.88. The van der Waals surface area contributed by atoms with Gasteiger partial charge in [-0.2, -0.15) is 0 Å². The van der Waals surface area contributed by atoms with Gasteiger partial charge in [-0.1, -0.05) is 0 Å². The van der Waals surface area contributed by atoms with Crippen LogP contribution in [0.4, 0.5) is 5.69 Å². The number of guanidine groups is 1. The second kappa shape index (κ2) is 7.58. The van der Waals surface area contributed by atoms with Crippen molar-refractivity contribution in [2.24, 2.45) is 4.99 Å². The Balaban J connectivity index is 2.04. The number of rotatable bonds is 5. The molecule has 0 aliphatic heterocycles. The van der Waals surface area contributed by atoms with Crippen LogP contribution >= 0.6 is 0 Å². The molecule has 23 heavy (non-hydrogen) atoms. The van der Waals surface area contributed by atoms with Crippen molar-refractivity contribution < 1.29 is 13.9 Å². The number of nitrogens with zero attached hydrogens (tertiary/aromatic N) is 1. The first-order valence-corrected chi connectivity index (χ1v) is 7.33. The van der Waals surface area contributed by atoms with Crippen LogP contribution in [0.3, 0.4) is 0 Å². The molecule has 6 nitrogen and oxygen atoms in total. The number of hydrogen-bond donors (Lipinski definition) is 2. The summed E-state index contributed by atoms with van der Waals surface area (Å²) in [6.45, 7) is 4.53. The fourth-order valence-electron chi connectivity index (χ4n) is 2.27. The van der Waals surface area contributed by atoms with Crippen LogP contribution in [0.5, 0.6) is 11.5 Å². The molecule has 0 bridgehead atoms. The van der Waals surface area contributed by atoms with Gasteiger partial charge in [0.2, 0.25) is 0 Å². The quantitative estimate of drug-likeness (QED) is 0.655. The second-order valence-corrected chi connectivity index (χ2v) is 5.06. The molecule has 0 saturated heterocycles. The average molecular weight is 317 g/mol. The molecule has 6 heteroatoms. The Labute approximate surface area is 136 Å². The summed E-state index contributed by atoms with van der Waals surface area (Å²) in [4.78, 5) is 4.22. The van der Waals surface area contributed by atoms with Crippen LogP contribution in [-0.2, 0) is 6.54 Å². The predicted molar refractivity (Wildman–Crippen MR) is 91.5 cm³/mol. The summed E-state index contributed by atoms with van der Waals surface area (Å²) in [5, 5.41) is 6.49. The highest BCUT2D eigenvalue weighted by Gasteiger charge is 2.08. The van der Waals surface area contributed by atoms with Gasteiger partial charge in [-0.25, -0.2) is 0 Å². The zero-order chi connectivity index (χ0) is 16.8. The summed E-state index contributed by atoms with van der Waals surface area (Å²) in [7, 11) is 4.95. The van der Waals surface area contributed by atoms with Crippen molar-refractivity contribution in [2.45, 2.75) is 20.4 Å². The number of hydrogen-bond acceptors (Lipinski definition) is 4. The summed E-state index contributed by atoms with van der Waals surface area (Å²) >= 11 is 0. The van der Waals surface area contributed by atoms with E-state index in [0.717, 1.165) is 22.8 Å². The molecule has 2 rings (SSSR count). The van der Waals surface area contributed by atoms with Crippen LogP contribution in [0.25, 0.3) is 0 Å². The van der Waals surface area contributed by atoms with E-state index in [1.54, 1.807) is 21.3 Å². The van der Waals surface area contributed by atoms with Gasteiger partial charge in [0.05, 0.1) is 14.2 Å². The number of anilines is 1. The molecule has 0 atom stereocenters. The van der Waals surface area contributed by atoms with Crippen molar-refractivity contribution in [1.82, 2.24) is 5.32 Å². The van der Waals surface area contributed by atoms with Crippen molar-refractivity contribution in [3.8, 4) is 11.5 Å². The minimum atomic E-state index is 0.635. The first-order valence-electron chi connectivity index (χ1n) is 7.33. The van der Waals surface area contributed by atoms with Gasteiger partial charge in [0.1, 0.15) is 11.5 Å². The lowest BCUT2D eigenvalue weighted by Gasteiger charge is -2.14. The lowest BCUT2D eigenvalue weighted by molar-refractivity contribution is 0.355. The molecule has 1 aromatic carbocycles. The molecule has 0 aliphatic rings. The maximum atomic E-state index is 5.52. The molecule has 0 amide bonds. The predicted octanol–water partition coefficient (Wildman–Crippen LogP) is 3.10. The van der Waals surface area contributed by atoms with Crippen molar-refractivity contribution in [3.63, 3.8) is 0 Å². The third-order valence-corrected chi connectivity index (χ3v) is 3.46. The number of nitrogens with one attached hydrogen (secondary N) is 2. The minimum absolute atomic E-state index is 0.635. The van der Waals surface area contributed by atoms with Crippen LogP contribution in [0, 0.1) is 13.8 Å². The zero-order valence-corrected chi connectivity index (χ0v) is 14.2.